The molecule has 0 aliphatic rings. The highest BCUT2D eigenvalue weighted by Gasteiger charge is 2.11. The Hall–Kier alpha value is -1.47. The van der Waals surface area contributed by atoms with Crippen LogP contribution < -0.4 is 10.6 Å². The van der Waals surface area contributed by atoms with Crippen LogP contribution in [-0.4, -0.2) is 45.0 Å². The summed E-state index contributed by atoms with van der Waals surface area (Å²) in [6, 6.07) is 0.836. The van der Waals surface area contributed by atoms with E-state index in [1.165, 1.54) is 0 Å². The number of nitrogens with one attached hydrogen (secondary N) is 2. The lowest BCUT2D eigenvalue weighted by Crippen LogP contribution is -2.12. The molecule has 0 aromatic carbocycles. The van der Waals surface area contributed by atoms with Gasteiger partial charge in [0.05, 0.1) is 13.2 Å². The molecule has 2 N–H and O–H groups in total. The minimum atomic E-state index is -0.699. The number of pyridine rings is 1. The fourth-order valence-electron chi connectivity index (χ4n) is 1.58. The second-order valence-electron chi connectivity index (χ2n) is 4.46. The van der Waals surface area contributed by atoms with E-state index in [0.29, 0.717) is 39.3 Å². The van der Waals surface area contributed by atoms with Crippen molar-refractivity contribution in [2.24, 2.45) is 0 Å². The maximum atomic E-state index is 13.6. The highest BCUT2D eigenvalue weighted by Crippen LogP contribution is 2.18. The average molecular weight is 303 g/mol. The Balaban J connectivity index is 2.39. The number of aromatic nitrogens is 1. The van der Waals surface area contributed by atoms with Gasteiger partial charge in [0, 0.05) is 32.9 Å². The van der Waals surface area contributed by atoms with Crippen molar-refractivity contribution in [3.8, 4) is 0 Å². The van der Waals surface area contributed by atoms with Crippen LogP contribution in [0.25, 0.3) is 0 Å². The first-order valence-corrected chi connectivity index (χ1v) is 7.09. The predicted molar refractivity (Wildman–Crippen MR) is 78.7 cm³/mol. The van der Waals surface area contributed by atoms with Crippen molar-refractivity contribution in [2.75, 3.05) is 50.7 Å². The van der Waals surface area contributed by atoms with Crippen LogP contribution in [0, 0.1) is 11.6 Å². The molecule has 1 aromatic rings. The molecular weight excluding hydrogens is 280 g/mol. The largest absolute Gasteiger partial charge is 0.382 e. The lowest BCUT2D eigenvalue weighted by atomic mass is 10.3. The van der Waals surface area contributed by atoms with E-state index in [1.54, 1.807) is 7.11 Å². The molecule has 0 spiro atoms. The third-order valence-corrected chi connectivity index (χ3v) is 2.66. The van der Waals surface area contributed by atoms with Gasteiger partial charge in [-0.1, -0.05) is 6.92 Å². The van der Waals surface area contributed by atoms with E-state index in [9.17, 15) is 8.78 Å². The summed E-state index contributed by atoms with van der Waals surface area (Å²) >= 11 is 0. The maximum absolute atomic E-state index is 13.6. The highest BCUT2D eigenvalue weighted by atomic mass is 19.1. The molecule has 120 valence electrons. The second-order valence-corrected chi connectivity index (χ2v) is 4.46. The molecule has 0 bridgehead atoms. The molecule has 7 heteroatoms. The van der Waals surface area contributed by atoms with Crippen molar-refractivity contribution < 1.29 is 18.3 Å². The van der Waals surface area contributed by atoms with Gasteiger partial charge in [0.15, 0.2) is 23.3 Å². The molecule has 0 aliphatic carbocycles. The number of nitrogens with zero attached hydrogens (tertiary/aromatic N) is 1. The molecule has 1 heterocycles. The van der Waals surface area contributed by atoms with Crippen LogP contribution in [-0.2, 0) is 9.47 Å². The minimum Gasteiger partial charge on any atom is -0.382 e. The van der Waals surface area contributed by atoms with Crippen LogP contribution in [0.15, 0.2) is 6.07 Å². The molecule has 0 radical (unpaired) electrons. The van der Waals surface area contributed by atoms with E-state index in [4.69, 9.17) is 9.47 Å². The SMILES string of the molecule is CCCNc1nc(NCCCOCCOC)c(F)cc1F. The van der Waals surface area contributed by atoms with Crippen molar-refractivity contribution in [1.82, 2.24) is 4.98 Å². The number of anilines is 2. The van der Waals surface area contributed by atoms with E-state index in [2.05, 4.69) is 15.6 Å². The fraction of sp³-hybridized carbons (Fsp3) is 0.643. The van der Waals surface area contributed by atoms with Gasteiger partial charge in [-0.3, -0.25) is 0 Å². The van der Waals surface area contributed by atoms with Gasteiger partial charge in [0.1, 0.15) is 0 Å². The van der Waals surface area contributed by atoms with Crippen LogP contribution in [0.2, 0.25) is 0 Å². The van der Waals surface area contributed by atoms with Crippen molar-refractivity contribution in [2.45, 2.75) is 19.8 Å². The molecule has 0 unspecified atom stereocenters. The first-order chi connectivity index (χ1) is 10.2. The zero-order valence-corrected chi connectivity index (χ0v) is 12.5. The standard InChI is InChI=1S/C14H23F2N3O2/c1-3-5-17-13-11(15)10-12(16)14(19-13)18-6-4-7-21-9-8-20-2/h10H,3-9H2,1-2H3,(H2,17,18,19). The van der Waals surface area contributed by atoms with Gasteiger partial charge in [0.2, 0.25) is 0 Å². The zero-order valence-electron chi connectivity index (χ0n) is 12.5. The second kappa shape index (κ2) is 10.3. The summed E-state index contributed by atoms with van der Waals surface area (Å²) in [6.07, 6.45) is 1.53. The van der Waals surface area contributed by atoms with Gasteiger partial charge < -0.3 is 20.1 Å². The quantitative estimate of drug-likeness (QED) is 0.616. The summed E-state index contributed by atoms with van der Waals surface area (Å²) in [5, 5.41) is 5.67. The highest BCUT2D eigenvalue weighted by molar-refractivity contribution is 5.47. The summed E-state index contributed by atoms with van der Waals surface area (Å²) in [4.78, 5) is 3.92. The first-order valence-electron chi connectivity index (χ1n) is 7.09. The van der Waals surface area contributed by atoms with Gasteiger partial charge in [-0.15, -0.1) is 0 Å². The van der Waals surface area contributed by atoms with Gasteiger partial charge in [0.25, 0.3) is 0 Å². The first kappa shape index (κ1) is 17.6. The molecule has 0 fully saturated rings. The molecule has 1 rings (SSSR count). The van der Waals surface area contributed by atoms with Crippen LogP contribution >= 0.6 is 0 Å². The van der Waals surface area contributed by atoms with Crippen LogP contribution in [0.5, 0.6) is 0 Å². The van der Waals surface area contributed by atoms with Crippen LogP contribution in [0.3, 0.4) is 0 Å². The summed E-state index contributed by atoms with van der Waals surface area (Å²) in [5.74, 6) is -1.27. The summed E-state index contributed by atoms with van der Waals surface area (Å²) in [7, 11) is 1.61. The number of ether oxygens (including phenoxy) is 2. The molecular formula is C14H23F2N3O2. The molecule has 0 saturated heterocycles. The molecule has 0 atom stereocenters. The number of halogens is 2. The zero-order chi connectivity index (χ0) is 15.5. The molecule has 1 aromatic heterocycles. The van der Waals surface area contributed by atoms with E-state index in [0.717, 1.165) is 12.5 Å². The third-order valence-electron chi connectivity index (χ3n) is 2.66. The number of methoxy groups -OCH3 is 1. The maximum Gasteiger partial charge on any atom is 0.168 e. The van der Waals surface area contributed by atoms with E-state index >= 15 is 0 Å². The van der Waals surface area contributed by atoms with Crippen LogP contribution in [0.4, 0.5) is 20.4 Å². The topological polar surface area (TPSA) is 55.4 Å². The van der Waals surface area contributed by atoms with Crippen molar-refractivity contribution in [1.29, 1.82) is 0 Å². The van der Waals surface area contributed by atoms with Crippen molar-refractivity contribution in [3.63, 3.8) is 0 Å². The Bertz CT molecular complexity index is 419. The third kappa shape index (κ3) is 6.68. The molecule has 0 saturated carbocycles. The van der Waals surface area contributed by atoms with Crippen molar-refractivity contribution >= 4 is 11.6 Å². The number of hydrogen-bond acceptors (Lipinski definition) is 5. The molecule has 0 amide bonds. The Labute approximate surface area is 124 Å². The van der Waals surface area contributed by atoms with Gasteiger partial charge in [-0.2, -0.15) is 0 Å². The Morgan fingerprint density at radius 2 is 1.71 bits per heavy atom. The van der Waals surface area contributed by atoms with E-state index in [1.807, 2.05) is 6.92 Å². The van der Waals surface area contributed by atoms with Crippen LogP contribution in [0.1, 0.15) is 19.8 Å². The van der Waals surface area contributed by atoms with E-state index in [-0.39, 0.29) is 11.6 Å². The normalized spacial score (nSPS) is 10.7. The Morgan fingerprint density at radius 3 is 2.33 bits per heavy atom. The van der Waals surface area contributed by atoms with Gasteiger partial charge in [-0.05, 0) is 12.8 Å². The smallest absolute Gasteiger partial charge is 0.168 e. The summed E-state index contributed by atoms with van der Waals surface area (Å²) in [5.41, 5.74) is 0. The Kier molecular flexibility index (Phi) is 8.61. The molecule has 0 aliphatic heterocycles. The summed E-state index contributed by atoms with van der Waals surface area (Å²) in [6.45, 7) is 4.66. The lowest BCUT2D eigenvalue weighted by molar-refractivity contribution is 0.0705. The average Bonchev–Trinajstić information content (AvgIpc) is 2.47. The number of hydrogen-bond donors (Lipinski definition) is 2. The van der Waals surface area contributed by atoms with E-state index < -0.39 is 11.6 Å². The minimum absolute atomic E-state index is 0.0481. The van der Waals surface area contributed by atoms with Gasteiger partial charge >= 0.3 is 0 Å². The van der Waals surface area contributed by atoms with Gasteiger partial charge in [-0.25, -0.2) is 13.8 Å². The predicted octanol–water partition coefficient (Wildman–Crippen LogP) is 2.65. The lowest BCUT2D eigenvalue weighted by Gasteiger charge is -2.11. The van der Waals surface area contributed by atoms with Crippen molar-refractivity contribution in [3.05, 3.63) is 17.7 Å². The number of rotatable bonds is 11. The monoisotopic (exact) mass is 303 g/mol. The fourth-order valence-corrected chi connectivity index (χ4v) is 1.58. The molecule has 21 heavy (non-hydrogen) atoms. The summed E-state index contributed by atoms with van der Waals surface area (Å²) < 4.78 is 37.2. The Morgan fingerprint density at radius 1 is 1.05 bits per heavy atom. The molecule has 5 nitrogen and oxygen atoms in total.